The summed E-state index contributed by atoms with van der Waals surface area (Å²) in [5.41, 5.74) is 0.941. The molecule has 1 fully saturated rings. The lowest BCUT2D eigenvalue weighted by Gasteiger charge is -2.22. The molecular formula is C18H22N2O4. The van der Waals surface area contributed by atoms with Crippen molar-refractivity contribution in [2.45, 2.75) is 33.2 Å². The molecule has 24 heavy (non-hydrogen) atoms. The molecule has 6 nitrogen and oxygen atoms in total. The Kier molecular flexibility index (Phi) is 3.99. The molecular weight excluding hydrogens is 308 g/mol. The SMILES string of the molecule is Cc1c([C@@H](C)NC(=O)N2CCC(C)(C(=O)O)C2)oc2ccccc12. The first-order valence-electron chi connectivity index (χ1n) is 8.09. The van der Waals surface area contributed by atoms with E-state index in [1.165, 1.54) is 0 Å². The fourth-order valence-corrected chi connectivity index (χ4v) is 3.26. The van der Waals surface area contributed by atoms with Gasteiger partial charge in [0.1, 0.15) is 11.3 Å². The van der Waals surface area contributed by atoms with Crippen LogP contribution in [0.25, 0.3) is 11.0 Å². The Balaban J connectivity index is 1.72. The molecule has 1 aliphatic heterocycles. The molecule has 1 unspecified atom stereocenters. The number of carbonyl (C=O) groups is 2. The van der Waals surface area contributed by atoms with Crippen molar-refractivity contribution in [3.63, 3.8) is 0 Å². The van der Waals surface area contributed by atoms with Crippen molar-refractivity contribution in [3.05, 3.63) is 35.6 Å². The fourth-order valence-electron chi connectivity index (χ4n) is 3.26. The average molecular weight is 330 g/mol. The lowest BCUT2D eigenvalue weighted by atomic mass is 9.90. The predicted octanol–water partition coefficient (Wildman–Crippen LogP) is 3.31. The molecule has 0 radical (unpaired) electrons. The van der Waals surface area contributed by atoms with E-state index in [0.29, 0.717) is 13.0 Å². The predicted molar refractivity (Wildman–Crippen MR) is 89.8 cm³/mol. The Morgan fingerprint density at radius 2 is 2.08 bits per heavy atom. The van der Waals surface area contributed by atoms with Gasteiger partial charge in [-0.05, 0) is 33.3 Å². The van der Waals surface area contributed by atoms with Crippen LogP contribution in [0.4, 0.5) is 4.79 Å². The number of carbonyl (C=O) groups excluding carboxylic acids is 1. The minimum absolute atomic E-state index is 0.222. The van der Waals surface area contributed by atoms with E-state index in [1.807, 2.05) is 38.1 Å². The van der Waals surface area contributed by atoms with Gasteiger partial charge in [-0.2, -0.15) is 0 Å². The first kappa shape index (κ1) is 16.4. The number of urea groups is 1. The number of fused-ring (bicyclic) bond motifs is 1. The number of rotatable bonds is 3. The molecule has 0 saturated carbocycles. The zero-order valence-corrected chi connectivity index (χ0v) is 14.1. The third-order valence-corrected chi connectivity index (χ3v) is 4.89. The van der Waals surface area contributed by atoms with Gasteiger partial charge in [-0.25, -0.2) is 4.79 Å². The molecule has 1 aromatic heterocycles. The highest BCUT2D eigenvalue weighted by atomic mass is 16.4. The number of para-hydroxylation sites is 1. The maximum Gasteiger partial charge on any atom is 0.318 e. The summed E-state index contributed by atoms with van der Waals surface area (Å²) in [6.45, 7) is 6.19. The van der Waals surface area contributed by atoms with Crippen molar-refractivity contribution in [1.82, 2.24) is 10.2 Å². The van der Waals surface area contributed by atoms with Crippen molar-refractivity contribution in [2.75, 3.05) is 13.1 Å². The molecule has 0 aliphatic carbocycles. The van der Waals surface area contributed by atoms with Crippen LogP contribution in [0.15, 0.2) is 28.7 Å². The Hall–Kier alpha value is -2.50. The van der Waals surface area contributed by atoms with Gasteiger partial charge < -0.3 is 19.7 Å². The van der Waals surface area contributed by atoms with Crippen LogP contribution in [0.3, 0.4) is 0 Å². The number of furan rings is 1. The van der Waals surface area contributed by atoms with Crippen LogP contribution in [-0.4, -0.2) is 35.1 Å². The number of hydrogen-bond acceptors (Lipinski definition) is 3. The van der Waals surface area contributed by atoms with Gasteiger partial charge in [0.25, 0.3) is 0 Å². The normalized spacial score (nSPS) is 21.9. The van der Waals surface area contributed by atoms with Crippen LogP contribution >= 0.6 is 0 Å². The minimum atomic E-state index is -0.865. The van der Waals surface area contributed by atoms with Gasteiger partial charge in [-0.15, -0.1) is 0 Å². The Labute approximate surface area is 140 Å². The van der Waals surface area contributed by atoms with Crippen LogP contribution < -0.4 is 5.32 Å². The van der Waals surface area contributed by atoms with E-state index in [2.05, 4.69) is 5.32 Å². The number of aryl methyl sites for hydroxylation is 1. The van der Waals surface area contributed by atoms with Gasteiger partial charge >= 0.3 is 12.0 Å². The van der Waals surface area contributed by atoms with E-state index in [1.54, 1.807) is 11.8 Å². The van der Waals surface area contributed by atoms with Crippen LogP contribution in [0.5, 0.6) is 0 Å². The number of hydrogen-bond donors (Lipinski definition) is 2. The second-order valence-corrected chi connectivity index (χ2v) is 6.80. The van der Waals surface area contributed by atoms with E-state index < -0.39 is 11.4 Å². The first-order chi connectivity index (χ1) is 11.3. The van der Waals surface area contributed by atoms with Crippen LogP contribution in [-0.2, 0) is 4.79 Å². The highest BCUT2D eigenvalue weighted by molar-refractivity contribution is 5.83. The molecule has 3 rings (SSSR count). The highest BCUT2D eigenvalue weighted by Crippen LogP contribution is 2.32. The third kappa shape index (κ3) is 2.72. The molecule has 1 aromatic carbocycles. The molecule has 2 N–H and O–H groups in total. The fraction of sp³-hybridized carbons (Fsp3) is 0.444. The molecule has 6 heteroatoms. The molecule has 128 valence electrons. The molecule has 1 saturated heterocycles. The molecule has 1 aliphatic rings. The summed E-state index contributed by atoms with van der Waals surface area (Å²) < 4.78 is 5.88. The van der Waals surface area contributed by atoms with E-state index in [0.717, 1.165) is 22.3 Å². The summed E-state index contributed by atoms with van der Waals surface area (Å²) in [4.78, 5) is 25.3. The van der Waals surface area contributed by atoms with Gasteiger partial charge in [0.05, 0.1) is 11.5 Å². The number of benzene rings is 1. The summed E-state index contributed by atoms with van der Waals surface area (Å²) in [7, 11) is 0. The molecule has 0 bridgehead atoms. The third-order valence-electron chi connectivity index (χ3n) is 4.89. The molecule has 0 spiro atoms. The minimum Gasteiger partial charge on any atom is -0.481 e. The van der Waals surface area contributed by atoms with Crippen molar-refractivity contribution in [3.8, 4) is 0 Å². The van der Waals surface area contributed by atoms with Gasteiger partial charge in [0, 0.05) is 24.0 Å². The summed E-state index contributed by atoms with van der Waals surface area (Å²) in [6, 6.07) is 7.21. The average Bonchev–Trinajstić information content (AvgIpc) is 3.10. The first-order valence-corrected chi connectivity index (χ1v) is 8.09. The van der Waals surface area contributed by atoms with Crippen LogP contribution in [0.1, 0.15) is 37.6 Å². The van der Waals surface area contributed by atoms with Crippen molar-refractivity contribution >= 4 is 23.0 Å². The summed E-state index contributed by atoms with van der Waals surface area (Å²) in [5, 5.41) is 13.2. The molecule has 2 amide bonds. The molecule has 2 heterocycles. The number of carboxylic acid groups (broad SMARTS) is 1. The monoisotopic (exact) mass is 330 g/mol. The number of aliphatic carboxylic acids is 1. The number of nitrogens with zero attached hydrogens (tertiary/aromatic N) is 1. The Morgan fingerprint density at radius 1 is 1.38 bits per heavy atom. The van der Waals surface area contributed by atoms with E-state index in [4.69, 9.17) is 4.42 Å². The standard InChI is InChI=1S/C18H22N2O4/c1-11-13-6-4-5-7-14(13)24-15(11)12(2)19-17(23)20-9-8-18(3,10-20)16(21)22/h4-7,12H,8-10H2,1-3H3,(H,19,23)(H,21,22)/t12-,18?/m1/s1. The summed E-state index contributed by atoms with van der Waals surface area (Å²) in [5.74, 6) is -0.135. The summed E-state index contributed by atoms with van der Waals surface area (Å²) in [6.07, 6.45) is 0.466. The van der Waals surface area contributed by atoms with E-state index in [9.17, 15) is 14.7 Å². The van der Waals surface area contributed by atoms with Gasteiger partial charge in [0.15, 0.2) is 0 Å². The quantitative estimate of drug-likeness (QED) is 0.904. The Morgan fingerprint density at radius 3 is 2.71 bits per heavy atom. The largest absolute Gasteiger partial charge is 0.481 e. The summed E-state index contributed by atoms with van der Waals surface area (Å²) >= 11 is 0. The van der Waals surface area contributed by atoms with E-state index >= 15 is 0 Å². The zero-order chi connectivity index (χ0) is 17.5. The van der Waals surface area contributed by atoms with Crippen molar-refractivity contribution in [1.29, 1.82) is 0 Å². The highest BCUT2D eigenvalue weighted by Gasteiger charge is 2.42. The lowest BCUT2D eigenvalue weighted by Crippen LogP contribution is -2.41. The lowest BCUT2D eigenvalue weighted by molar-refractivity contribution is -0.147. The number of likely N-dealkylation sites (tertiary alicyclic amines) is 1. The molecule has 2 atom stereocenters. The zero-order valence-electron chi connectivity index (χ0n) is 14.1. The number of carboxylic acids is 1. The maximum atomic E-state index is 12.4. The van der Waals surface area contributed by atoms with Gasteiger partial charge in [-0.1, -0.05) is 18.2 Å². The van der Waals surface area contributed by atoms with Gasteiger partial charge in [-0.3, -0.25) is 4.79 Å². The number of amides is 2. The Bertz CT molecular complexity index is 797. The second-order valence-electron chi connectivity index (χ2n) is 6.80. The molecule has 2 aromatic rings. The topological polar surface area (TPSA) is 82.8 Å². The van der Waals surface area contributed by atoms with Gasteiger partial charge in [0.2, 0.25) is 0 Å². The second kappa shape index (κ2) is 5.85. The van der Waals surface area contributed by atoms with E-state index in [-0.39, 0.29) is 18.6 Å². The number of nitrogens with one attached hydrogen (secondary N) is 1. The van der Waals surface area contributed by atoms with Crippen LogP contribution in [0, 0.1) is 12.3 Å². The maximum absolute atomic E-state index is 12.4. The van der Waals surface area contributed by atoms with Crippen molar-refractivity contribution < 1.29 is 19.1 Å². The van der Waals surface area contributed by atoms with Crippen LogP contribution in [0.2, 0.25) is 0 Å². The smallest absolute Gasteiger partial charge is 0.318 e. The van der Waals surface area contributed by atoms with Crippen molar-refractivity contribution in [2.24, 2.45) is 5.41 Å².